The van der Waals surface area contributed by atoms with E-state index >= 15 is 0 Å². The van der Waals surface area contributed by atoms with Crippen molar-refractivity contribution >= 4 is 23.5 Å². The number of pyridine rings is 1. The molecule has 1 unspecified atom stereocenters. The highest BCUT2D eigenvalue weighted by Gasteiger charge is 2.34. The SMILES string of the molecule is CCc1cnc(N2CCN(C(=O)c3ccc(N4C(=O)OCC4CO)cc3C)CC2)c(C)c1. The molecule has 2 aliphatic heterocycles. The number of rotatable bonds is 5. The number of aliphatic hydroxyl groups excluding tert-OH is 1. The molecule has 2 aliphatic rings. The zero-order valence-electron chi connectivity index (χ0n) is 18.9. The topological polar surface area (TPSA) is 86.2 Å². The molecule has 1 aromatic heterocycles. The van der Waals surface area contributed by atoms with Gasteiger partial charge in [0, 0.05) is 43.6 Å². The Morgan fingerprint density at radius 1 is 1.16 bits per heavy atom. The van der Waals surface area contributed by atoms with Crippen molar-refractivity contribution in [3.8, 4) is 0 Å². The highest BCUT2D eigenvalue weighted by molar-refractivity contribution is 5.97. The minimum Gasteiger partial charge on any atom is -0.447 e. The normalized spacial score (nSPS) is 18.8. The van der Waals surface area contributed by atoms with E-state index in [9.17, 15) is 14.7 Å². The van der Waals surface area contributed by atoms with E-state index < -0.39 is 12.1 Å². The van der Waals surface area contributed by atoms with E-state index in [0.29, 0.717) is 24.3 Å². The largest absolute Gasteiger partial charge is 0.447 e. The molecular weight excluding hydrogens is 408 g/mol. The quantitative estimate of drug-likeness (QED) is 0.772. The van der Waals surface area contributed by atoms with E-state index in [1.807, 2.05) is 18.0 Å². The predicted molar refractivity (Wildman–Crippen MR) is 122 cm³/mol. The third kappa shape index (κ3) is 4.14. The second-order valence-corrected chi connectivity index (χ2v) is 8.40. The smallest absolute Gasteiger partial charge is 0.414 e. The molecular formula is C24H30N4O4. The lowest BCUT2D eigenvalue weighted by Gasteiger charge is -2.36. The van der Waals surface area contributed by atoms with Crippen LogP contribution in [-0.2, 0) is 11.2 Å². The number of aliphatic hydroxyl groups is 1. The second-order valence-electron chi connectivity index (χ2n) is 8.40. The van der Waals surface area contributed by atoms with Crippen LogP contribution in [0.25, 0.3) is 0 Å². The maximum Gasteiger partial charge on any atom is 0.414 e. The van der Waals surface area contributed by atoms with Gasteiger partial charge in [-0.1, -0.05) is 13.0 Å². The Kier molecular flexibility index (Phi) is 6.32. The summed E-state index contributed by atoms with van der Waals surface area (Å²) in [7, 11) is 0. The lowest BCUT2D eigenvalue weighted by molar-refractivity contribution is 0.0745. The Morgan fingerprint density at radius 2 is 1.91 bits per heavy atom. The maximum absolute atomic E-state index is 13.2. The molecule has 4 rings (SSSR count). The molecule has 170 valence electrons. The van der Waals surface area contributed by atoms with Crippen LogP contribution in [0.3, 0.4) is 0 Å². The highest BCUT2D eigenvalue weighted by Crippen LogP contribution is 2.27. The van der Waals surface area contributed by atoms with Crippen LogP contribution in [0, 0.1) is 13.8 Å². The number of cyclic esters (lactones) is 1. The molecule has 2 amide bonds. The molecule has 2 saturated heterocycles. The molecule has 1 atom stereocenters. The third-order valence-electron chi connectivity index (χ3n) is 6.27. The maximum atomic E-state index is 13.2. The summed E-state index contributed by atoms with van der Waals surface area (Å²) in [5.74, 6) is 0.980. The van der Waals surface area contributed by atoms with Crippen molar-refractivity contribution in [3.05, 3.63) is 52.7 Å². The van der Waals surface area contributed by atoms with Gasteiger partial charge >= 0.3 is 6.09 Å². The number of carbonyl (C=O) groups is 2. The molecule has 0 aliphatic carbocycles. The standard InChI is InChI=1S/C24H30N4O4/c1-4-18-11-17(3)22(25-13-18)26-7-9-27(10-8-26)23(30)21-6-5-19(12-16(21)2)28-20(14-29)15-32-24(28)31/h5-6,11-13,20,29H,4,7-10,14-15H2,1-3H3. The number of carbonyl (C=O) groups excluding carboxylic acids is 2. The van der Waals surface area contributed by atoms with Crippen molar-refractivity contribution in [2.75, 3.05) is 49.2 Å². The molecule has 3 heterocycles. The lowest BCUT2D eigenvalue weighted by atomic mass is 10.0. The van der Waals surface area contributed by atoms with Crippen molar-refractivity contribution in [1.29, 1.82) is 0 Å². The average Bonchev–Trinajstić information content (AvgIpc) is 3.19. The molecule has 2 fully saturated rings. The number of amides is 2. The van der Waals surface area contributed by atoms with Crippen molar-refractivity contribution in [2.45, 2.75) is 33.2 Å². The number of aromatic nitrogens is 1. The molecule has 8 heteroatoms. The summed E-state index contributed by atoms with van der Waals surface area (Å²) in [5.41, 5.74) is 4.43. The van der Waals surface area contributed by atoms with Crippen LogP contribution in [0.5, 0.6) is 0 Å². The number of hydrogen-bond acceptors (Lipinski definition) is 6. The second kappa shape index (κ2) is 9.16. The lowest BCUT2D eigenvalue weighted by Crippen LogP contribution is -2.49. The molecule has 0 radical (unpaired) electrons. The van der Waals surface area contributed by atoms with Gasteiger partial charge in [-0.15, -0.1) is 0 Å². The van der Waals surface area contributed by atoms with Gasteiger partial charge in [0.05, 0.1) is 12.6 Å². The summed E-state index contributed by atoms with van der Waals surface area (Å²) >= 11 is 0. The number of aryl methyl sites for hydroxylation is 3. The zero-order chi connectivity index (χ0) is 22.8. The molecule has 1 N–H and O–H groups in total. The van der Waals surface area contributed by atoms with Gasteiger partial charge in [0.1, 0.15) is 12.4 Å². The molecule has 1 aromatic carbocycles. The summed E-state index contributed by atoms with van der Waals surface area (Å²) in [4.78, 5) is 35.4. The van der Waals surface area contributed by atoms with Crippen LogP contribution in [0.1, 0.15) is 34.0 Å². The van der Waals surface area contributed by atoms with Crippen LogP contribution < -0.4 is 9.80 Å². The summed E-state index contributed by atoms with van der Waals surface area (Å²) in [6.07, 6.45) is 2.42. The number of nitrogens with zero attached hydrogens (tertiary/aromatic N) is 4. The Bertz CT molecular complexity index is 1020. The van der Waals surface area contributed by atoms with Crippen LogP contribution in [0.4, 0.5) is 16.3 Å². The van der Waals surface area contributed by atoms with Gasteiger partial charge < -0.3 is 19.6 Å². The predicted octanol–water partition coefficient (Wildman–Crippen LogP) is 2.54. The van der Waals surface area contributed by atoms with Gasteiger partial charge in [-0.05, 0) is 55.2 Å². The van der Waals surface area contributed by atoms with Gasteiger partial charge in [-0.25, -0.2) is 9.78 Å². The summed E-state index contributed by atoms with van der Waals surface area (Å²) in [5, 5.41) is 9.50. The molecule has 0 saturated carbocycles. The van der Waals surface area contributed by atoms with E-state index in [2.05, 4.69) is 29.8 Å². The molecule has 32 heavy (non-hydrogen) atoms. The van der Waals surface area contributed by atoms with Gasteiger partial charge in [-0.2, -0.15) is 0 Å². The van der Waals surface area contributed by atoms with E-state index in [4.69, 9.17) is 4.74 Å². The van der Waals surface area contributed by atoms with Crippen LogP contribution >= 0.6 is 0 Å². The van der Waals surface area contributed by atoms with E-state index in [1.54, 1.807) is 18.2 Å². The highest BCUT2D eigenvalue weighted by atomic mass is 16.6. The first-order valence-electron chi connectivity index (χ1n) is 11.1. The first kappa shape index (κ1) is 22.1. The summed E-state index contributed by atoms with van der Waals surface area (Å²) in [6.45, 7) is 8.78. The van der Waals surface area contributed by atoms with Gasteiger partial charge in [-0.3, -0.25) is 9.69 Å². The fourth-order valence-electron chi connectivity index (χ4n) is 4.39. The number of benzene rings is 1. The van der Waals surface area contributed by atoms with Crippen molar-refractivity contribution in [1.82, 2.24) is 9.88 Å². The van der Waals surface area contributed by atoms with Gasteiger partial charge in [0.2, 0.25) is 0 Å². The average molecular weight is 439 g/mol. The number of anilines is 2. The Balaban J connectivity index is 1.44. The summed E-state index contributed by atoms with van der Waals surface area (Å²) < 4.78 is 5.05. The third-order valence-corrected chi connectivity index (χ3v) is 6.27. The first-order chi connectivity index (χ1) is 15.4. The van der Waals surface area contributed by atoms with E-state index in [0.717, 1.165) is 36.5 Å². The van der Waals surface area contributed by atoms with Gasteiger partial charge in [0.25, 0.3) is 5.91 Å². The van der Waals surface area contributed by atoms with Gasteiger partial charge in [0.15, 0.2) is 0 Å². The fourth-order valence-corrected chi connectivity index (χ4v) is 4.39. The molecule has 0 spiro atoms. The zero-order valence-corrected chi connectivity index (χ0v) is 18.9. The first-order valence-corrected chi connectivity index (χ1v) is 11.1. The van der Waals surface area contributed by atoms with Crippen molar-refractivity contribution in [2.24, 2.45) is 0 Å². The van der Waals surface area contributed by atoms with E-state index in [1.165, 1.54) is 10.5 Å². The molecule has 2 aromatic rings. The Hall–Kier alpha value is -3.13. The monoisotopic (exact) mass is 438 g/mol. The Morgan fingerprint density at radius 3 is 2.53 bits per heavy atom. The minimum absolute atomic E-state index is 0.0116. The van der Waals surface area contributed by atoms with Crippen molar-refractivity contribution in [3.63, 3.8) is 0 Å². The Labute approximate surface area is 188 Å². The van der Waals surface area contributed by atoms with E-state index in [-0.39, 0.29) is 19.1 Å². The number of ether oxygens (including phenoxy) is 1. The van der Waals surface area contributed by atoms with Crippen LogP contribution in [-0.4, -0.2) is 72.4 Å². The number of piperazine rings is 1. The summed E-state index contributed by atoms with van der Waals surface area (Å²) in [6, 6.07) is 7.09. The molecule has 8 nitrogen and oxygen atoms in total. The number of hydrogen-bond donors (Lipinski definition) is 1. The van der Waals surface area contributed by atoms with Crippen LogP contribution in [0.15, 0.2) is 30.5 Å². The van der Waals surface area contributed by atoms with Crippen molar-refractivity contribution < 1.29 is 19.4 Å². The fraction of sp³-hybridized carbons (Fsp3) is 0.458. The molecule has 0 bridgehead atoms. The minimum atomic E-state index is -0.477. The van der Waals surface area contributed by atoms with Crippen LogP contribution in [0.2, 0.25) is 0 Å².